The summed E-state index contributed by atoms with van der Waals surface area (Å²) < 4.78 is 5.61. The number of nitrogens with zero attached hydrogens (tertiary/aromatic N) is 3. The SMILES string of the molecule is O=C(c1cccc2nccnc12)N1CCOc2ccccc21. The van der Waals surface area contributed by atoms with Gasteiger partial charge in [0.1, 0.15) is 17.9 Å². The molecule has 1 aliphatic heterocycles. The molecule has 0 radical (unpaired) electrons. The summed E-state index contributed by atoms with van der Waals surface area (Å²) in [5.74, 6) is 0.648. The van der Waals surface area contributed by atoms with Crippen molar-refractivity contribution < 1.29 is 9.53 Å². The van der Waals surface area contributed by atoms with E-state index in [2.05, 4.69) is 9.97 Å². The molecule has 1 aromatic heterocycles. The van der Waals surface area contributed by atoms with Crippen LogP contribution in [0.1, 0.15) is 10.4 Å². The van der Waals surface area contributed by atoms with Crippen molar-refractivity contribution in [3.05, 3.63) is 60.4 Å². The van der Waals surface area contributed by atoms with Crippen LogP contribution < -0.4 is 9.64 Å². The minimum atomic E-state index is -0.0816. The third-order valence-electron chi connectivity index (χ3n) is 3.70. The average Bonchev–Trinajstić information content (AvgIpc) is 2.60. The lowest BCUT2D eigenvalue weighted by molar-refractivity contribution is 0.0978. The molecule has 1 amide bonds. The van der Waals surface area contributed by atoms with Gasteiger partial charge >= 0.3 is 0 Å². The second-order valence-electron chi connectivity index (χ2n) is 5.00. The monoisotopic (exact) mass is 291 g/mol. The van der Waals surface area contributed by atoms with Gasteiger partial charge in [0.2, 0.25) is 0 Å². The Morgan fingerprint density at radius 3 is 2.86 bits per heavy atom. The lowest BCUT2D eigenvalue weighted by Gasteiger charge is -2.29. The van der Waals surface area contributed by atoms with Crippen molar-refractivity contribution in [2.75, 3.05) is 18.1 Å². The molecule has 2 heterocycles. The molecule has 3 aromatic rings. The Morgan fingerprint density at radius 2 is 1.91 bits per heavy atom. The molecule has 1 aliphatic rings. The third kappa shape index (κ3) is 1.98. The van der Waals surface area contributed by atoms with Gasteiger partial charge in [-0.25, -0.2) is 0 Å². The van der Waals surface area contributed by atoms with Crippen LogP contribution in [-0.2, 0) is 0 Å². The van der Waals surface area contributed by atoms with Crippen LogP contribution in [0, 0.1) is 0 Å². The summed E-state index contributed by atoms with van der Waals surface area (Å²) in [7, 11) is 0. The number of carbonyl (C=O) groups is 1. The first-order valence-corrected chi connectivity index (χ1v) is 7.08. The standard InChI is InChI=1S/C17H13N3O2/c21-17(12-4-3-5-13-16(12)19-9-8-18-13)20-10-11-22-15-7-2-1-6-14(15)20/h1-9H,10-11H2. The average molecular weight is 291 g/mol. The van der Waals surface area contributed by atoms with Gasteiger partial charge in [0.25, 0.3) is 5.91 Å². The van der Waals surface area contributed by atoms with Gasteiger partial charge in [-0.2, -0.15) is 0 Å². The fourth-order valence-electron chi connectivity index (χ4n) is 2.69. The Kier molecular flexibility index (Phi) is 2.96. The molecule has 108 valence electrons. The predicted molar refractivity (Wildman–Crippen MR) is 83.2 cm³/mol. The van der Waals surface area contributed by atoms with Crippen LogP contribution in [0.25, 0.3) is 11.0 Å². The van der Waals surface area contributed by atoms with Crippen LogP contribution >= 0.6 is 0 Å². The van der Waals surface area contributed by atoms with E-state index in [9.17, 15) is 4.79 Å². The lowest BCUT2D eigenvalue weighted by atomic mass is 10.1. The van der Waals surface area contributed by atoms with Gasteiger partial charge in [-0.05, 0) is 24.3 Å². The van der Waals surface area contributed by atoms with Crippen LogP contribution in [0.5, 0.6) is 5.75 Å². The van der Waals surface area contributed by atoms with Gasteiger partial charge in [-0.3, -0.25) is 14.8 Å². The predicted octanol–water partition coefficient (Wildman–Crippen LogP) is 2.67. The number of rotatable bonds is 1. The maximum atomic E-state index is 13.0. The first-order valence-electron chi connectivity index (χ1n) is 7.08. The Labute approximate surface area is 127 Å². The first kappa shape index (κ1) is 12.8. The molecular weight excluding hydrogens is 278 g/mol. The lowest BCUT2D eigenvalue weighted by Crippen LogP contribution is -2.38. The van der Waals surface area contributed by atoms with Crippen LogP contribution in [-0.4, -0.2) is 29.0 Å². The van der Waals surface area contributed by atoms with Gasteiger partial charge in [0.15, 0.2) is 0 Å². The number of para-hydroxylation sites is 3. The second kappa shape index (κ2) is 5.11. The Balaban J connectivity index is 1.82. The molecule has 0 bridgehead atoms. The number of amides is 1. The zero-order chi connectivity index (χ0) is 14.9. The quantitative estimate of drug-likeness (QED) is 0.691. The summed E-state index contributed by atoms with van der Waals surface area (Å²) in [5, 5.41) is 0. The highest BCUT2D eigenvalue weighted by molar-refractivity contribution is 6.13. The van der Waals surface area contributed by atoms with Gasteiger partial charge < -0.3 is 9.64 Å². The highest BCUT2D eigenvalue weighted by atomic mass is 16.5. The number of fused-ring (bicyclic) bond motifs is 2. The fourth-order valence-corrected chi connectivity index (χ4v) is 2.69. The van der Waals surface area contributed by atoms with Gasteiger partial charge in [-0.15, -0.1) is 0 Å². The second-order valence-corrected chi connectivity index (χ2v) is 5.00. The normalized spacial score (nSPS) is 13.5. The van der Waals surface area contributed by atoms with E-state index < -0.39 is 0 Å². The van der Waals surface area contributed by atoms with Crippen LogP contribution in [0.3, 0.4) is 0 Å². The molecule has 4 rings (SSSR count). The molecular formula is C17H13N3O2. The van der Waals surface area contributed by atoms with Crippen molar-refractivity contribution in [1.29, 1.82) is 0 Å². The van der Waals surface area contributed by atoms with Crippen molar-refractivity contribution in [3.63, 3.8) is 0 Å². The van der Waals surface area contributed by atoms with Crippen LogP contribution in [0.4, 0.5) is 5.69 Å². The fraction of sp³-hybridized carbons (Fsp3) is 0.118. The molecule has 0 spiro atoms. The van der Waals surface area contributed by atoms with Crippen LogP contribution in [0.2, 0.25) is 0 Å². The van der Waals surface area contributed by atoms with Crippen molar-refractivity contribution >= 4 is 22.6 Å². The molecule has 0 unspecified atom stereocenters. The van der Waals surface area contributed by atoms with Crippen molar-refractivity contribution in [1.82, 2.24) is 9.97 Å². The van der Waals surface area contributed by atoms with E-state index >= 15 is 0 Å². The summed E-state index contributed by atoms with van der Waals surface area (Å²) in [6.07, 6.45) is 3.23. The molecule has 0 aliphatic carbocycles. The topological polar surface area (TPSA) is 55.3 Å². The highest BCUT2D eigenvalue weighted by Gasteiger charge is 2.25. The smallest absolute Gasteiger partial charge is 0.260 e. The largest absolute Gasteiger partial charge is 0.490 e. The van der Waals surface area contributed by atoms with E-state index in [1.807, 2.05) is 36.4 Å². The van der Waals surface area contributed by atoms with E-state index in [4.69, 9.17) is 4.74 Å². The molecule has 5 nitrogen and oxygen atoms in total. The molecule has 0 saturated carbocycles. The Bertz CT molecular complexity index is 858. The minimum absolute atomic E-state index is 0.0816. The minimum Gasteiger partial charge on any atom is -0.490 e. The third-order valence-corrected chi connectivity index (χ3v) is 3.70. The number of aromatic nitrogens is 2. The van der Waals surface area contributed by atoms with Gasteiger partial charge in [0.05, 0.1) is 23.3 Å². The van der Waals surface area contributed by atoms with E-state index in [0.29, 0.717) is 24.2 Å². The molecule has 2 aromatic carbocycles. The van der Waals surface area contributed by atoms with Crippen molar-refractivity contribution in [2.24, 2.45) is 0 Å². The Hall–Kier alpha value is -2.95. The number of benzene rings is 2. The van der Waals surface area contributed by atoms with Crippen molar-refractivity contribution in [2.45, 2.75) is 0 Å². The number of hydrogen-bond donors (Lipinski definition) is 0. The van der Waals surface area contributed by atoms with Gasteiger partial charge in [-0.1, -0.05) is 18.2 Å². The molecule has 0 N–H and O–H groups in total. The van der Waals surface area contributed by atoms with E-state index in [1.165, 1.54) is 0 Å². The molecule has 5 heteroatoms. The summed E-state index contributed by atoms with van der Waals surface area (Å²) in [6, 6.07) is 13.0. The number of hydrogen-bond acceptors (Lipinski definition) is 4. The molecule has 22 heavy (non-hydrogen) atoms. The number of ether oxygens (including phenoxy) is 1. The maximum Gasteiger partial charge on any atom is 0.260 e. The summed E-state index contributed by atoms with van der Waals surface area (Å²) >= 11 is 0. The van der Waals surface area contributed by atoms with Crippen molar-refractivity contribution in [3.8, 4) is 5.75 Å². The van der Waals surface area contributed by atoms with E-state index in [-0.39, 0.29) is 5.91 Å². The number of carbonyl (C=O) groups excluding carboxylic acids is 1. The zero-order valence-electron chi connectivity index (χ0n) is 11.8. The summed E-state index contributed by atoms with van der Waals surface area (Å²) in [5.41, 5.74) is 2.69. The maximum absolute atomic E-state index is 13.0. The number of anilines is 1. The Morgan fingerprint density at radius 1 is 1.05 bits per heavy atom. The molecule has 0 atom stereocenters. The highest BCUT2D eigenvalue weighted by Crippen LogP contribution is 2.32. The molecule has 0 saturated heterocycles. The van der Waals surface area contributed by atoms with E-state index in [1.54, 1.807) is 23.4 Å². The van der Waals surface area contributed by atoms with Gasteiger partial charge in [0, 0.05) is 12.4 Å². The molecule has 0 fully saturated rings. The summed E-state index contributed by atoms with van der Waals surface area (Å²) in [6.45, 7) is 1.01. The first-order chi connectivity index (χ1) is 10.8. The van der Waals surface area contributed by atoms with E-state index in [0.717, 1.165) is 17.0 Å². The zero-order valence-corrected chi connectivity index (χ0v) is 11.8. The summed E-state index contributed by atoms with van der Waals surface area (Å²) in [4.78, 5) is 23.3. The van der Waals surface area contributed by atoms with Crippen LogP contribution in [0.15, 0.2) is 54.9 Å².